The Morgan fingerprint density at radius 3 is 2.56 bits per heavy atom. The fraction of sp³-hybridized carbons (Fsp3) is 0.462. The molecule has 0 aliphatic carbocycles. The first-order valence-corrected chi connectivity index (χ1v) is 5.48. The van der Waals surface area contributed by atoms with E-state index in [9.17, 15) is 4.79 Å². The van der Waals surface area contributed by atoms with Crippen LogP contribution in [0, 0.1) is 6.92 Å². The van der Waals surface area contributed by atoms with Crippen molar-refractivity contribution in [1.29, 1.82) is 0 Å². The molecule has 1 amide bonds. The van der Waals surface area contributed by atoms with E-state index in [-0.39, 0.29) is 11.4 Å². The average Bonchev–Trinajstić information content (AvgIpc) is 2.14. The second kappa shape index (κ2) is 5.12. The minimum atomic E-state index is -0.276. The summed E-state index contributed by atoms with van der Waals surface area (Å²) >= 11 is 0. The zero-order valence-corrected chi connectivity index (χ0v) is 10.2. The molecule has 3 N–H and O–H groups in total. The van der Waals surface area contributed by atoms with E-state index in [2.05, 4.69) is 24.4 Å². The van der Waals surface area contributed by atoms with Crippen molar-refractivity contribution in [3.05, 3.63) is 35.4 Å². The lowest BCUT2D eigenvalue weighted by Crippen LogP contribution is -2.42. The zero-order chi connectivity index (χ0) is 12.2. The lowest BCUT2D eigenvalue weighted by molar-refractivity contribution is -0.119. The van der Waals surface area contributed by atoms with Gasteiger partial charge >= 0.3 is 0 Å². The van der Waals surface area contributed by atoms with Crippen LogP contribution in [0.15, 0.2) is 24.3 Å². The number of amides is 1. The second-order valence-corrected chi connectivity index (χ2v) is 4.81. The Morgan fingerprint density at radius 2 is 2.00 bits per heavy atom. The Bertz CT molecular complexity index is 372. The maximum absolute atomic E-state index is 10.9. The molecule has 0 saturated carbocycles. The lowest BCUT2D eigenvalue weighted by Gasteiger charge is -2.25. The molecule has 0 unspecified atom stereocenters. The van der Waals surface area contributed by atoms with E-state index in [4.69, 9.17) is 5.73 Å². The summed E-state index contributed by atoms with van der Waals surface area (Å²) < 4.78 is 0. The third-order valence-electron chi connectivity index (χ3n) is 2.63. The molecule has 16 heavy (non-hydrogen) atoms. The van der Waals surface area contributed by atoms with Gasteiger partial charge in [-0.25, -0.2) is 0 Å². The predicted molar refractivity (Wildman–Crippen MR) is 65.9 cm³/mol. The molecule has 0 aliphatic rings. The normalized spacial score (nSPS) is 11.4. The summed E-state index contributed by atoms with van der Waals surface area (Å²) in [5, 5.41) is 3.35. The Labute approximate surface area is 97.0 Å². The van der Waals surface area contributed by atoms with Crippen molar-refractivity contribution >= 4 is 5.91 Å². The summed E-state index contributed by atoms with van der Waals surface area (Å²) in [5.74, 6) is -0.276. The van der Waals surface area contributed by atoms with Gasteiger partial charge in [-0.2, -0.15) is 0 Å². The van der Waals surface area contributed by atoms with Gasteiger partial charge in [-0.15, -0.1) is 0 Å². The van der Waals surface area contributed by atoms with E-state index in [1.165, 1.54) is 11.1 Å². The number of hydrogen-bond acceptors (Lipinski definition) is 2. The summed E-state index contributed by atoms with van der Waals surface area (Å²) in [7, 11) is 0. The fourth-order valence-corrected chi connectivity index (χ4v) is 1.64. The third-order valence-corrected chi connectivity index (χ3v) is 2.63. The molecule has 0 spiro atoms. The average molecular weight is 220 g/mol. The minimum absolute atomic E-state index is 0.256. The molecule has 1 rings (SSSR count). The van der Waals surface area contributed by atoms with Crippen LogP contribution < -0.4 is 11.1 Å². The topological polar surface area (TPSA) is 55.1 Å². The quantitative estimate of drug-likeness (QED) is 0.794. The molecular weight excluding hydrogens is 200 g/mol. The maximum Gasteiger partial charge on any atom is 0.219 e. The van der Waals surface area contributed by atoms with Crippen molar-refractivity contribution in [2.24, 2.45) is 5.73 Å². The summed E-state index contributed by atoms with van der Waals surface area (Å²) in [6, 6.07) is 8.21. The van der Waals surface area contributed by atoms with Gasteiger partial charge in [-0.3, -0.25) is 4.79 Å². The number of carbonyl (C=O) groups excluding carboxylic acids is 1. The molecular formula is C13H20N2O. The SMILES string of the molecule is Cc1ccccc1CNC(C)(C)CC(N)=O. The Hall–Kier alpha value is -1.35. The molecule has 3 nitrogen and oxygen atoms in total. The molecule has 1 aromatic carbocycles. The summed E-state index contributed by atoms with van der Waals surface area (Å²) in [5.41, 5.74) is 7.45. The molecule has 0 aliphatic heterocycles. The van der Waals surface area contributed by atoms with Crippen LogP contribution in [-0.2, 0) is 11.3 Å². The van der Waals surface area contributed by atoms with Gasteiger partial charge in [-0.1, -0.05) is 24.3 Å². The van der Waals surface area contributed by atoms with Gasteiger partial charge < -0.3 is 11.1 Å². The van der Waals surface area contributed by atoms with E-state index < -0.39 is 0 Å². The van der Waals surface area contributed by atoms with Crippen LogP contribution in [0.25, 0.3) is 0 Å². The van der Waals surface area contributed by atoms with Crippen molar-refractivity contribution in [2.75, 3.05) is 0 Å². The molecule has 0 bridgehead atoms. The van der Waals surface area contributed by atoms with Gasteiger partial charge in [0.1, 0.15) is 0 Å². The van der Waals surface area contributed by atoms with Gasteiger partial charge in [0, 0.05) is 18.5 Å². The van der Waals surface area contributed by atoms with Gasteiger partial charge in [-0.05, 0) is 31.9 Å². The van der Waals surface area contributed by atoms with E-state index in [1.807, 2.05) is 26.0 Å². The van der Waals surface area contributed by atoms with E-state index in [1.54, 1.807) is 0 Å². The first-order valence-electron chi connectivity index (χ1n) is 5.48. The van der Waals surface area contributed by atoms with Crippen molar-refractivity contribution in [3.63, 3.8) is 0 Å². The van der Waals surface area contributed by atoms with Crippen molar-refractivity contribution in [1.82, 2.24) is 5.32 Å². The largest absolute Gasteiger partial charge is 0.370 e. The van der Waals surface area contributed by atoms with Crippen LogP contribution in [0.2, 0.25) is 0 Å². The van der Waals surface area contributed by atoms with Crippen molar-refractivity contribution in [2.45, 2.75) is 39.3 Å². The van der Waals surface area contributed by atoms with E-state index in [0.717, 1.165) is 6.54 Å². The van der Waals surface area contributed by atoms with Crippen molar-refractivity contribution < 1.29 is 4.79 Å². The highest BCUT2D eigenvalue weighted by Crippen LogP contribution is 2.11. The van der Waals surface area contributed by atoms with Gasteiger partial charge in [0.25, 0.3) is 0 Å². The molecule has 3 heteroatoms. The van der Waals surface area contributed by atoms with Crippen molar-refractivity contribution in [3.8, 4) is 0 Å². The molecule has 0 aromatic heterocycles. The van der Waals surface area contributed by atoms with Crippen LogP contribution >= 0.6 is 0 Å². The number of nitrogens with two attached hydrogens (primary N) is 1. The van der Waals surface area contributed by atoms with Gasteiger partial charge in [0.2, 0.25) is 5.91 Å². The number of primary amides is 1. The smallest absolute Gasteiger partial charge is 0.219 e. The highest BCUT2D eigenvalue weighted by atomic mass is 16.1. The van der Waals surface area contributed by atoms with E-state index >= 15 is 0 Å². The maximum atomic E-state index is 10.9. The summed E-state index contributed by atoms with van der Waals surface area (Å²) in [6.07, 6.45) is 0.346. The Balaban J connectivity index is 2.57. The highest BCUT2D eigenvalue weighted by molar-refractivity contribution is 5.74. The first kappa shape index (κ1) is 12.7. The van der Waals surface area contributed by atoms with Crippen LogP contribution in [0.5, 0.6) is 0 Å². The van der Waals surface area contributed by atoms with Gasteiger partial charge in [0.15, 0.2) is 0 Å². The number of aryl methyl sites for hydroxylation is 1. The Morgan fingerprint density at radius 1 is 1.38 bits per heavy atom. The van der Waals surface area contributed by atoms with Crippen LogP contribution in [0.4, 0.5) is 0 Å². The highest BCUT2D eigenvalue weighted by Gasteiger charge is 2.19. The fourth-order valence-electron chi connectivity index (χ4n) is 1.64. The number of hydrogen-bond donors (Lipinski definition) is 2. The first-order chi connectivity index (χ1) is 7.41. The molecule has 0 heterocycles. The third kappa shape index (κ3) is 4.03. The lowest BCUT2D eigenvalue weighted by atomic mass is 9.99. The number of rotatable bonds is 5. The molecule has 0 fully saturated rings. The van der Waals surface area contributed by atoms with Crippen LogP contribution in [0.3, 0.4) is 0 Å². The molecule has 0 atom stereocenters. The second-order valence-electron chi connectivity index (χ2n) is 4.81. The summed E-state index contributed by atoms with van der Waals surface area (Å²) in [6.45, 7) is 6.80. The minimum Gasteiger partial charge on any atom is -0.370 e. The molecule has 88 valence electrons. The zero-order valence-electron chi connectivity index (χ0n) is 10.2. The van der Waals surface area contributed by atoms with Crippen LogP contribution in [0.1, 0.15) is 31.4 Å². The van der Waals surface area contributed by atoms with Crippen LogP contribution in [-0.4, -0.2) is 11.4 Å². The molecule has 0 saturated heterocycles. The number of carbonyl (C=O) groups is 1. The van der Waals surface area contributed by atoms with Gasteiger partial charge in [0.05, 0.1) is 0 Å². The predicted octanol–water partition coefficient (Wildman–Crippen LogP) is 1.74. The number of nitrogens with one attached hydrogen (secondary N) is 1. The summed E-state index contributed by atoms with van der Waals surface area (Å²) in [4.78, 5) is 10.9. The number of benzene rings is 1. The van der Waals surface area contributed by atoms with E-state index in [0.29, 0.717) is 6.42 Å². The standard InChI is InChI=1S/C13H20N2O/c1-10-6-4-5-7-11(10)9-15-13(2,3)8-12(14)16/h4-7,15H,8-9H2,1-3H3,(H2,14,16). The molecule has 1 aromatic rings. The Kier molecular flexibility index (Phi) is 4.07. The molecule has 0 radical (unpaired) electrons. The monoisotopic (exact) mass is 220 g/mol.